The van der Waals surface area contributed by atoms with Gasteiger partial charge in [-0.1, -0.05) is 0 Å². The molecule has 1 heterocycles. The SMILES string of the molecule is O=C(O)/C=C\C(=O)OC1CCOC1=O. The lowest BCUT2D eigenvalue weighted by Crippen LogP contribution is -2.21. The molecule has 0 radical (unpaired) electrons. The lowest BCUT2D eigenvalue weighted by molar-refractivity contribution is -0.156. The molecule has 6 heteroatoms. The molecule has 1 unspecified atom stereocenters. The third-order valence-corrected chi connectivity index (χ3v) is 1.51. The molecule has 0 aliphatic carbocycles. The molecule has 1 atom stereocenters. The van der Waals surface area contributed by atoms with Crippen LogP contribution >= 0.6 is 0 Å². The standard InChI is InChI=1S/C8H8O6/c9-6(10)1-2-7(11)14-5-3-4-13-8(5)12/h1-2,5H,3-4H2,(H,9,10)/b2-1-. The number of esters is 2. The van der Waals surface area contributed by atoms with Crippen LogP contribution in [-0.2, 0) is 23.9 Å². The topological polar surface area (TPSA) is 89.9 Å². The minimum Gasteiger partial charge on any atom is -0.478 e. The molecule has 0 aromatic heterocycles. The van der Waals surface area contributed by atoms with Crippen molar-refractivity contribution in [1.29, 1.82) is 0 Å². The van der Waals surface area contributed by atoms with E-state index in [9.17, 15) is 14.4 Å². The third kappa shape index (κ3) is 2.89. The van der Waals surface area contributed by atoms with E-state index in [1.807, 2.05) is 0 Å². The van der Waals surface area contributed by atoms with E-state index in [0.717, 1.165) is 6.08 Å². The Kier molecular flexibility index (Phi) is 3.22. The molecule has 1 aliphatic heterocycles. The minimum absolute atomic E-state index is 0.222. The summed E-state index contributed by atoms with van der Waals surface area (Å²) >= 11 is 0. The van der Waals surface area contributed by atoms with Crippen molar-refractivity contribution >= 4 is 17.9 Å². The maximum atomic E-state index is 10.9. The highest BCUT2D eigenvalue weighted by atomic mass is 16.6. The number of carbonyl (C=O) groups is 3. The van der Waals surface area contributed by atoms with Crippen LogP contribution in [0.1, 0.15) is 6.42 Å². The first kappa shape index (κ1) is 10.2. The van der Waals surface area contributed by atoms with Crippen LogP contribution in [0.5, 0.6) is 0 Å². The van der Waals surface area contributed by atoms with E-state index in [-0.39, 0.29) is 6.61 Å². The van der Waals surface area contributed by atoms with E-state index in [4.69, 9.17) is 5.11 Å². The normalized spacial score (nSPS) is 20.9. The molecular weight excluding hydrogens is 192 g/mol. The Balaban J connectivity index is 2.40. The largest absolute Gasteiger partial charge is 0.478 e. The van der Waals surface area contributed by atoms with E-state index in [2.05, 4.69) is 9.47 Å². The van der Waals surface area contributed by atoms with Crippen LogP contribution < -0.4 is 0 Å². The number of hydrogen-bond acceptors (Lipinski definition) is 5. The zero-order chi connectivity index (χ0) is 10.6. The number of hydrogen-bond donors (Lipinski definition) is 1. The predicted octanol–water partition coefficient (Wildman–Crippen LogP) is -0.514. The van der Waals surface area contributed by atoms with E-state index in [1.165, 1.54) is 0 Å². The summed E-state index contributed by atoms with van der Waals surface area (Å²) in [6.45, 7) is 0.222. The monoisotopic (exact) mass is 200 g/mol. The number of rotatable bonds is 3. The van der Waals surface area contributed by atoms with Gasteiger partial charge in [0.1, 0.15) is 0 Å². The fourth-order valence-electron chi connectivity index (χ4n) is 0.903. The number of aliphatic carboxylic acids is 1. The summed E-state index contributed by atoms with van der Waals surface area (Å²) in [7, 11) is 0. The van der Waals surface area contributed by atoms with Gasteiger partial charge in [-0.05, 0) is 0 Å². The lowest BCUT2D eigenvalue weighted by atomic mass is 10.3. The molecule has 6 nitrogen and oxygen atoms in total. The van der Waals surface area contributed by atoms with E-state index in [0.29, 0.717) is 12.5 Å². The average Bonchev–Trinajstić information content (AvgIpc) is 2.49. The highest BCUT2D eigenvalue weighted by Gasteiger charge is 2.29. The molecule has 1 rings (SSSR count). The number of carboxylic acid groups (broad SMARTS) is 1. The molecule has 0 spiro atoms. The summed E-state index contributed by atoms with van der Waals surface area (Å²) in [4.78, 5) is 31.7. The van der Waals surface area contributed by atoms with Gasteiger partial charge in [0, 0.05) is 18.6 Å². The van der Waals surface area contributed by atoms with Gasteiger partial charge in [-0.25, -0.2) is 14.4 Å². The van der Waals surface area contributed by atoms with Crippen LogP contribution in [0.4, 0.5) is 0 Å². The molecule has 0 aromatic carbocycles. The van der Waals surface area contributed by atoms with Gasteiger partial charge in [-0.3, -0.25) is 0 Å². The highest BCUT2D eigenvalue weighted by molar-refractivity contribution is 5.92. The van der Waals surface area contributed by atoms with Crippen LogP contribution in [0.25, 0.3) is 0 Å². The Labute approximate surface area is 79.1 Å². The molecule has 0 amide bonds. The third-order valence-electron chi connectivity index (χ3n) is 1.51. The summed E-state index contributed by atoms with van der Waals surface area (Å²) in [5.41, 5.74) is 0. The van der Waals surface area contributed by atoms with Gasteiger partial charge >= 0.3 is 17.9 Å². The van der Waals surface area contributed by atoms with Crippen molar-refractivity contribution in [1.82, 2.24) is 0 Å². The Morgan fingerprint density at radius 1 is 1.50 bits per heavy atom. The van der Waals surface area contributed by atoms with Crippen molar-refractivity contribution in [2.75, 3.05) is 6.61 Å². The highest BCUT2D eigenvalue weighted by Crippen LogP contribution is 2.10. The molecule has 0 saturated carbocycles. The summed E-state index contributed by atoms with van der Waals surface area (Å²) in [5, 5.41) is 8.19. The molecule has 1 N–H and O–H groups in total. The summed E-state index contributed by atoms with van der Waals surface area (Å²) in [6, 6.07) is 0. The second kappa shape index (κ2) is 4.40. The van der Waals surface area contributed by atoms with Gasteiger partial charge in [0.2, 0.25) is 6.10 Å². The Morgan fingerprint density at radius 2 is 2.21 bits per heavy atom. The average molecular weight is 200 g/mol. The van der Waals surface area contributed by atoms with Gasteiger partial charge in [0.05, 0.1) is 6.61 Å². The maximum Gasteiger partial charge on any atom is 0.347 e. The molecule has 14 heavy (non-hydrogen) atoms. The minimum atomic E-state index is -1.25. The van der Waals surface area contributed by atoms with Crippen LogP contribution in [0.3, 0.4) is 0 Å². The van der Waals surface area contributed by atoms with E-state index in [1.54, 1.807) is 0 Å². The van der Waals surface area contributed by atoms with Crippen molar-refractivity contribution in [3.63, 3.8) is 0 Å². The number of carboxylic acids is 1. The van der Waals surface area contributed by atoms with Crippen molar-refractivity contribution in [3.05, 3.63) is 12.2 Å². The maximum absolute atomic E-state index is 10.9. The quantitative estimate of drug-likeness (QED) is 0.487. The number of carbonyl (C=O) groups excluding carboxylic acids is 2. The Bertz CT molecular complexity index is 292. The Hall–Kier alpha value is -1.85. The molecule has 76 valence electrons. The zero-order valence-electron chi connectivity index (χ0n) is 7.13. The fraction of sp³-hybridized carbons (Fsp3) is 0.375. The molecule has 1 aliphatic rings. The van der Waals surface area contributed by atoms with Gasteiger partial charge < -0.3 is 14.6 Å². The molecule has 1 saturated heterocycles. The van der Waals surface area contributed by atoms with Crippen molar-refractivity contribution < 1.29 is 29.0 Å². The fourth-order valence-corrected chi connectivity index (χ4v) is 0.903. The van der Waals surface area contributed by atoms with Gasteiger partial charge in [0.25, 0.3) is 0 Å². The Morgan fingerprint density at radius 3 is 2.71 bits per heavy atom. The smallest absolute Gasteiger partial charge is 0.347 e. The predicted molar refractivity (Wildman–Crippen MR) is 42.2 cm³/mol. The van der Waals surface area contributed by atoms with Gasteiger partial charge in [-0.15, -0.1) is 0 Å². The second-order valence-electron chi connectivity index (χ2n) is 2.55. The molecule has 0 bridgehead atoms. The van der Waals surface area contributed by atoms with Crippen molar-refractivity contribution in [2.45, 2.75) is 12.5 Å². The van der Waals surface area contributed by atoms with Crippen molar-refractivity contribution in [3.8, 4) is 0 Å². The zero-order valence-corrected chi connectivity index (χ0v) is 7.13. The summed E-state index contributed by atoms with van der Waals surface area (Å²) in [5.74, 6) is -2.71. The van der Waals surface area contributed by atoms with Gasteiger partial charge in [-0.2, -0.15) is 0 Å². The van der Waals surface area contributed by atoms with E-state index < -0.39 is 24.0 Å². The number of ether oxygens (including phenoxy) is 2. The van der Waals surface area contributed by atoms with Crippen LogP contribution in [0.15, 0.2) is 12.2 Å². The first-order valence-electron chi connectivity index (χ1n) is 3.88. The van der Waals surface area contributed by atoms with Crippen LogP contribution in [0.2, 0.25) is 0 Å². The van der Waals surface area contributed by atoms with Crippen molar-refractivity contribution in [2.24, 2.45) is 0 Å². The molecular formula is C8H8O6. The first-order valence-corrected chi connectivity index (χ1v) is 3.88. The van der Waals surface area contributed by atoms with E-state index >= 15 is 0 Å². The lowest BCUT2D eigenvalue weighted by Gasteiger charge is -2.04. The number of cyclic esters (lactones) is 1. The summed E-state index contributed by atoms with van der Waals surface area (Å²) < 4.78 is 9.15. The molecule has 0 aromatic rings. The first-order chi connectivity index (χ1) is 6.59. The molecule has 1 fully saturated rings. The second-order valence-corrected chi connectivity index (χ2v) is 2.55. The van der Waals surface area contributed by atoms with Gasteiger partial charge in [0.15, 0.2) is 0 Å². The van der Waals surface area contributed by atoms with Crippen LogP contribution in [0, 0.1) is 0 Å². The summed E-state index contributed by atoms with van der Waals surface area (Å²) in [6.07, 6.45) is 0.795. The van der Waals surface area contributed by atoms with Crippen LogP contribution in [-0.4, -0.2) is 35.7 Å².